The van der Waals surface area contributed by atoms with Gasteiger partial charge in [-0.25, -0.2) is 0 Å². The molecule has 0 aliphatic heterocycles. The van der Waals surface area contributed by atoms with Gasteiger partial charge >= 0.3 is 17.9 Å². The van der Waals surface area contributed by atoms with Crippen LogP contribution in [0.4, 0.5) is 0 Å². The third-order valence-corrected chi connectivity index (χ3v) is 15.2. The molecule has 0 bridgehead atoms. The second-order valence-electron chi connectivity index (χ2n) is 23.1. The molecule has 0 saturated carbocycles. The van der Waals surface area contributed by atoms with Crippen molar-refractivity contribution >= 4 is 17.9 Å². The average molecular weight is 1100 g/mol. The molecular weight excluding hydrogens is 973 g/mol. The van der Waals surface area contributed by atoms with E-state index in [4.69, 9.17) is 14.2 Å². The molecule has 0 N–H and O–H groups in total. The van der Waals surface area contributed by atoms with Gasteiger partial charge in [-0.3, -0.25) is 14.4 Å². The van der Waals surface area contributed by atoms with E-state index < -0.39 is 6.10 Å². The summed E-state index contributed by atoms with van der Waals surface area (Å²) >= 11 is 0. The number of ether oxygens (including phenoxy) is 3. The highest BCUT2D eigenvalue weighted by Crippen LogP contribution is 2.17. The van der Waals surface area contributed by atoms with E-state index in [1.807, 2.05) is 0 Å². The molecule has 0 amide bonds. The molecule has 1 atom stereocenters. The van der Waals surface area contributed by atoms with Crippen LogP contribution < -0.4 is 0 Å². The Labute approximate surface area is 491 Å². The molecule has 0 spiro atoms. The molecule has 0 heterocycles. The molecule has 0 aromatic heterocycles. The summed E-state index contributed by atoms with van der Waals surface area (Å²) in [6.45, 7) is 6.52. The summed E-state index contributed by atoms with van der Waals surface area (Å²) in [7, 11) is 0. The van der Waals surface area contributed by atoms with Crippen molar-refractivity contribution < 1.29 is 28.6 Å². The Kier molecular flexibility index (Phi) is 64.7. The highest BCUT2D eigenvalue weighted by Gasteiger charge is 2.19. The van der Waals surface area contributed by atoms with E-state index in [9.17, 15) is 14.4 Å². The molecule has 0 aromatic rings. The second kappa shape index (κ2) is 67.4. The molecule has 6 heteroatoms. The van der Waals surface area contributed by atoms with Crippen molar-refractivity contribution in [3.05, 3.63) is 72.9 Å². The summed E-state index contributed by atoms with van der Waals surface area (Å²) in [6, 6.07) is 0. The molecule has 0 radical (unpaired) electrons. The summed E-state index contributed by atoms with van der Waals surface area (Å²) in [4.78, 5) is 38.3. The maximum Gasteiger partial charge on any atom is 0.306 e. The first-order chi connectivity index (χ1) is 39.0. The first-order valence-corrected chi connectivity index (χ1v) is 34.4. The smallest absolute Gasteiger partial charge is 0.306 e. The van der Waals surface area contributed by atoms with E-state index in [1.165, 1.54) is 205 Å². The van der Waals surface area contributed by atoms with Crippen LogP contribution in [0.25, 0.3) is 0 Å². The maximum atomic E-state index is 12.9. The third-order valence-electron chi connectivity index (χ3n) is 15.2. The van der Waals surface area contributed by atoms with Crippen molar-refractivity contribution in [3.8, 4) is 0 Å². The topological polar surface area (TPSA) is 78.9 Å². The molecular formula is C73H130O6. The van der Waals surface area contributed by atoms with Gasteiger partial charge in [0.1, 0.15) is 13.2 Å². The fourth-order valence-electron chi connectivity index (χ4n) is 10.0. The lowest BCUT2D eigenvalue weighted by molar-refractivity contribution is -0.167. The van der Waals surface area contributed by atoms with E-state index in [0.717, 1.165) is 109 Å². The molecule has 0 aliphatic rings. The molecule has 1 unspecified atom stereocenters. The van der Waals surface area contributed by atoms with Gasteiger partial charge in [-0.15, -0.1) is 0 Å². The van der Waals surface area contributed by atoms with Crippen LogP contribution in [-0.4, -0.2) is 37.2 Å². The highest BCUT2D eigenvalue weighted by atomic mass is 16.6. The van der Waals surface area contributed by atoms with E-state index in [2.05, 4.69) is 93.7 Å². The number of carbonyl (C=O) groups excluding carboxylic acids is 3. The van der Waals surface area contributed by atoms with E-state index in [-0.39, 0.29) is 31.1 Å². The zero-order valence-electron chi connectivity index (χ0n) is 52.6. The Balaban J connectivity index is 4.12. The number of hydrogen-bond donors (Lipinski definition) is 0. The Morgan fingerprint density at radius 1 is 0.266 bits per heavy atom. The number of carbonyl (C=O) groups is 3. The lowest BCUT2D eigenvalue weighted by Crippen LogP contribution is -2.30. The van der Waals surface area contributed by atoms with Crippen molar-refractivity contribution in [2.75, 3.05) is 13.2 Å². The molecule has 0 aliphatic carbocycles. The second-order valence-corrected chi connectivity index (χ2v) is 23.1. The number of esters is 3. The predicted molar refractivity (Wildman–Crippen MR) is 344 cm³/mol. The minimum Gasteiger partial charge on any atom is -0.462 e. The largest absolute Gasteiger partial charge is 0.462 e. The molecule has 458 valence electrons. The quantitative estimate of drug-likeness (QED) is 0.0261. The number of hydrogen-bond acceptors (Lipinski definition) is 6. The SMILES string of the molecule is CC/C=C\C/C=C\C/C=C\CCCCCCCC(=O)OC(COC(=O)CCCCCCC/C=C\CCCCCC)COC(=O)CCCCCCCCCCCCCCCCCCCCCCC/C=C\C/C=C\CCCCCCC. The van der Waals surface area contributed by atoms with Gasteiger partial charge < -0.3 is 14.2 Å². The summed E-state index contributed by atoms with van der Waals surface area (Å²) in [5.41, 5.74) is 0. The van der Waals surface area contributed by atoms with Crippen LogP contribution in [0, 0.1) is 0 Å². The van der Waals surface area contributed by atoms with Gasteiger partial charge in [0.2, 0.25) is 0 Å². The van der Waals surface area contributed by atoms with Gasteiger partial charge in [-0.2, -0.15) is 0 Å². The molecule has 79 heavy (non-hydrogen) atoms. The van der Waals surface area contributed by atoms with Gasteiger partial charge in [0.05, 0.1) is 0 Å². The van der Waals surface area contributed by atoms with Crippen molar-refractivity contribution in [1.29, 1.82) is 0 Å². The summed E-state index contributed by atoms with van der Waals surface area (Å²) in [5.74, 6) is -0.892. The van der Waals surface area contributed by atoms with Crippen molar-refractivity contribution in [1.82, 2.24) is 0 Å². The van der Waals surface area contributed by atoms with E-state index >= 15 is 0 Å². The van der Waals surface area contributed by atoms with Crippen LogP contribution in [0.2, 0.25) is 0 Å². The molecule has 6 nitrogen and oxygen atoms in total. The first-order valence-electron chi connectivity index (χ1n) is 34.4. The Morgan fingerprint density at radius 3 is 0.797 bits per heavy atom. The standard InChI is InChI=1S/C73H130O6/c1-4-7-10-13-16-19-22-25-27-28-29-30-31-32-33-34-35-36-37-38-39-40-41-42-43-44-46-48-51-54-57-60-63-66-72(75)78-69-70(68-77-71(74)65-62-59-56-53-50-47-24-21-18-15-12-9-6-3)79-73(76)67-64-61-58-55-52-49-45-26-23-20-17-14-11-8-5-2/h8,11,17,20-22,24-26,28-29,45,70H,4-7,9-10,12-16,18-19,23,27,30-44,46-69H2,1-3H3/b11-8-,20-17-,24-21-,25-22-,29-28-,45-26-. The van der Waals surface area contributed by atoms with Crippen molar-refractivity contribution in [2.45, 2.75) is 361 Å². The fourth-order valence-corrected chi connectivity index (χ4v) is 10.0. The van der Waals surface area contributed by atoms with Crippen LogP contribution in [0.1, 0.15) is 355 Å². The van der Waals surface area contributed by atoms with Gasteiger partial charge in [0, 0.05) is 19.3 Å². The molecule has 0 saturated heterocycles. The van der Waals surface area contributed by atoms with Gasteiger partial charge in [0.25, 0.3) is 0 Å². The fraction of sp³-hybridized carbons (Fsp3) is 0.795. The predicted octanol–water partition coefficient (Wildman–Crippen LogP) is 23.7. The van der Waals surface area contributed by atoms with Crippen LogP contribution in [0.3, 0.4) is 0 Å². The monoisotopic (exact) mass is 1100 g/mol. The van der Waals surface area contributed by atoms with E-state index in [0.29, 0.717) is 19.3 Å². The number of rotatable bonds is 63. The Bertz CT molecular complexity index is 1450. The van der Waals surface area contributed by atoms with Gasteiger partial charge in [-0.1, -0.05) is 299 Å². The van der Waals surface area contributed by atoms with Crippen LogP contribution >= 0.6 is 0 Å². The molecule has 0 rings (SSSR count). The summed E-state index contributed by atoms with van der Waals surface area (Å²) in [5, 5.41) is 0. The first kappa shape index (κ1) is 75.8. The number of unbranched alkanes of at least 4 members (excludes halogenated alkanes) is 40. The molecule has 0 fully saturated rings. The van der Waals surface area contributed by atoms with Crippen LogP contribution in [0.15, 0.2) is 72.9 Å². The van der Waals surface area contributed by atoms with E-state index in [1.54, 1.807) is 0 Å². The average Bonchev–Trinajstić information content (AvgIpc) is 3.45. The maximum absolute atomic E-state index is 12.9. The Morgan fingerprint density at radius 2 is 0.494 bits per heavy atom. The minimum atomic E-state index is -0.787. The lowest BCUT2D eigenvalue weighted by Gasteiger charge is -2.18. The normalized spacial score (nSPS) is 12.5. The lowest BCUT2D eigenvalue weighted by atomic mass is 10.0. The zero-order valence-corrected chi connectivity index (χ0v) is 52.6. The third kappa shape index (κ3) is 65.5. The van der Waals surface area contributed by atoms with Crippen LogP contribution in [0.5, 0.6) is 0 Å². The molecule has 0 aromatic carbocycles. The minimum absolute atomic E-state index is 0.0819. The van der Waals surface area contributed by atoms with Crippen molar-refractivity contribution in [3.63, 3.8) is 0 Å². The Hall–Kier alpha value is -3.15. The zero-order chi connectivity index (χ0) is 57.1. The van der Waals surface area contributed by atoms with Crippen LogP contribution in [-0.2, 0) is 28.6 Å². The summed E-state index contributed by atoms with van der Waals surface area (Å²) in [6.07, 6.45) is 88.0. The summed E-state index contributed by atoms with van der Waals surface area (Å²) < 4.78 is 16.9. The number of allylic oxidation sites excluding steroid dienone is 12. The highest BCUT2D eigenvalue weighted by molar-refractivity contribution is 5.71. The van der Waals surface area contributed by atoms with Crippen molar-refractivity contribution in [2.24, 2.45) is 0 Å². The van der Waals surface area contributed by atoms with Gasteiger partial charge in [-0.05, 0) is 109 Å². The van der Waals surface area contributed by atoms with Gasteiger partial charge in [0.15, 0.2) is 6.10 Å².